The topological polar surface area (TPSA) is 67.4 Å². The van der Waals surface area contributed by atoms with Crippen LogP contribution in [-0.2, 0) is 25.0 Å². The van der Waals surface area contributed by atoms with Crippen molar-refractivity contribution in [1.29, 1.82) is 0 Å². The van der Waals surface area contributed by atoms with Gasteiger partial charge < -0.3 is 9.47 Å². The van der Waals surface area contributed by atoms with Crippen LogP contribution in [0, 0.1) is 38.5 Å². The summed E-state index contributed by atoms with van der Waals surface area (Å²) < 4.78 is 22.9. The molecule has 0 saturated carbocycles. The molecule has 3 atom stereocenters. The fourth-order valence-corrected chi connectivity index (χ4v) is 6.39. The normalized spacial score (nSPS) is 18.0. The fourth-order valence-electron chi connectivity index (χ4n) is 6.16. The number of benzene rings is 1. The zero-order valence-corrected chi connectivity index (χ0v) is 29.7. The van der Waals surface area contributed by atoms with Gasteiger partial charge in [-0.05, 0) is 92.9 Å². The Kier molecular flexibility index (Phi) is 18.5. The summed E-state index contributed by atoms with van der Waals surface area (Å²) in [5.74, 6) is 4.57. The minimum atomic E-state index is -0.0974. The Balaban J connectivity index is 1.70. The van der Waals surface area contributed by atoms with Gasteiger partial charge in [0, 0.05) is 12.1 Å². The number of hydrogen-bond acceptors (Lipinski definition) is 8. The number of nitrogens with one attached hydrogen (secondary N) is 1. The molecular weight excluding hydrogens is 562 g/mol. The molecule has 0 spiro atoms. The van der Waals surface area contributed by atoms with Crippen molar-refractivity contribution in [1.82, 2.24) is 5.48 Å². The highest BCUT2D eigenvalue weighted by Crippen LogP contribution is 2.45. The standard InChI is InChI=1S/C35H63NO6S/c1-10-36-40-41-42-43-38-25-24-37-33-29(6)30(7)34-32(31(33)8)21-23-35(9,39-34)22-13-11-12-17-27(4)19-15-20-28(5)18-14-16-26(2)3/h26-28,36H,10-25H2,1-9H3/t27-,28+,35+/m0/s1. The molecule has 1 aliphatic heterocycles. The van der Waals surface area contributed by atoms with Crippen molar-refractivity contribution in [3.8, 4) is 11.5 Å². The number of hydrogen-bond donors (Lipinski definition) is 1. The third-order valence-electron chi connectivity index (χ3n) is 9.09. The van der Waals surface area contributed by atoms with Crippen LogP contribution in [0.1, 0.15) is 141 Å². The molecule has 0 aromatic heterocycles. The van der Waals surface area contributed by atoms with Gasteiger partial charge in [0.1, 0.15) is 23.7 Å². The van der Waals surface area contributed by atoms with Gasteiger partial charge in [-0.1, -0.05) is 92.4 Å². The highest BCUT2D eigenvalue weighted by Gasteiger charge is 2.34. The zero-order valence-electron chi connectivity index (χ0n) is 28.9. The van der Waals surface area contributed by atoms with Crippen molar-refractivity contribution >= 4 is 12.3 Å². The molecule has 0 unspecified atom stereocenters. The van der Waals surface area contributed by atoms with Crippen molar-refractivity contribution in [2.75, 3.05) is 19.8 Å². The van der Waals surface area contributed by atoms with E-state index in [2.05, 4.69) is 75.2 Å². The predicted octanol–water partition coefficient (Wildman–Crippen LogP) is 10.3. The average Bonchev–Trinajstić information content (AvgIpc) is 2.96. The number of unbranched alkanes of at least 4 members (excludes halogenated alkanes) is 2. The van der Waals surface area contributed by atoms with Gasteiger partial charge >= 0.3 is 0 Å². The largest absolute Gasteiger partial charge is 0.491 e. The molecule has 1 N–H and O–H groups in total. The molecule has 1 aliphatic rings. The molecule has 0 saturated heterocycles. The molecule has 1 heterocycles. The molecule has 1 aromatic rings. The van der Waals surface area contributed by atoms with E-state index in [1.165, 1.54) is 80.9 Å². The molecule has 250 valence electrons. The van der Waals surface area contributed by atoms with Gasteiger partial charge in [0.05, 0.1) is 6.61 Å². The quantitative estimate of drug-likeness (QED) is 0.0527. The van der Waals surface area contributed by atoms with E-state index in [1.807, 2.05) is 6.92 Å². The van der Waals surface area contributed by atoms with E-state index in [0.717, 1.165) is 54.1 Å². The first-order valence-electron chi connectivity index (χ1n) is 17.0. The van der Waals surface area contributed by atoms with Gasteiger partial charge in [-0.25, -0.2) is 0 Å². The van der Waals surface area contributed by atoms with Crippen LogP contribution in [0.5, 0.6) is 11.5 Å². The lowest BCUT2D eigenvalue weighted by Crippen LogP contribution is -2.37. The van der Waals surface area contributed by atoms with Crippen molar-refractivity contribution < 1.29 is 28.0 Å². The summed E-state index contributed by atoms with van der Waals surface area (Å²) in [6.07, 6.45) is 16.8. The van der Waals surface area contributed by atoms with E-state index in [9.17, 15) is 0 Å². The van der Waals surface area contributed by atoms with E-state index < -0.39 is 0 Å². The van der Waals surface area contributed by atoms with Crippen LogP contribution < -0.4 is 15.0 Å². The summed E-state index contributed by atoms with van der Waals surface area (Å²) in [7, 11) is 0. The third-order valence-corrected chi connectivity index (χ3v) is 9.47. The monoisotopic (exact) mass is 625 g/mol. The van der Waals surface area contributed by atoms with Gasteiger partial charge in [0.25, 0.3) is 0 Å². The molecule has 0 radical (unpaired) electrons. The molecule has 1 aromatic carbocycles. The molecule has 2 rings (SSSR count). The van der Waals surface area contributed by atoms with Crippen molar-refractivity contribution in [3.63, 3.8) is 0 Å². The van der Waals surface area contributed by atoms with Crippen molar-refractivity contribution in [2.45, 2.75) is 151 Å². The Morgan fingerprint density at radius 1 is 0.837 bits per heavy atom. The average molecular weight is 626 g/mol. The molecule has 0 aliphatic carbocycles. The van der Waals surface area contributed by atoms with Crippen LogP contribution in [0.2, 0.25) is 0 Å². The first kappa shape index (κ1) is 38.2. The highest BCUT2D eigenvalue weighted by molar-refractivity contribution is 7.89. The maximum absolute atomic E-state index is 6.78. The van der Waals surface area contributed by atoms with Gasteiger partial charge in [0.15, 0.2) is 12.3 Å². The first-order valence-corrected chi connectivity index (χ1v) is 17.7. The first-order chi connectivity index (χ1) is 20.6. The molecular formula is C35H63NO6S. The number of fused-ring (bicyclic) bond motifs is 1. The van der Waals surface area contributed by atoms with E-state index in [1.54, 1.807) is 0 Å². The molecule has 8 heteroatoms. The smallest absolute Gasteiger partial charge is 0.197 e. The summed E-state index contributed by atoms with van der Waals surface area (Å²) in [4.78, 5) is 4.53. The maximum Gasteiger partial charge on any atom is 0.197 e. The second-order valence-corrected chi connectivity index (χ2v) is 14.1. The lowest BCUT2D eigenvalue weighted by atomic mass is 9.84. The summed E-state index contributed by atoms with van der Waals surface area (Å²) in [6, 6.07) is 0. The lowest BCUT2D eigenvalue weighted by Gasteiger charge is -2.38. The van der Waals surface area contributed by atoms with Crippen LogP contribution in [0.25, 0.3) is 0 Å². The van der Waals surface area contributed by atoms with Crippen LogP contribution in [0.4, 0.5) is 0 Å². The van der Waals surface area contributed by atoms with Gasteiger partial charge in [0.2, 0.25) is 0 Å². The van der Waals surface area contributed by atoms with Gasteiger partial charge in [-0.2, -0.15) is 5.48 Å². The van der Waals surface area contributed by atoms with Crippen molar-refractivity contribution in [2.24, 2.45) is 17.8 Å². The Labute approximate surface area is 268 Å². The predicted molar refractivity (Wildman–Crippen MR) is 178 cm³/mol. The van der Waals surface area contributed by atoms with Crippen molar-refractivity contribution in [3.05, 3.63) is 22.3 Å². The molecule has 43 heavy (non-hydrogen) atoms. The number of hydroxylamine groups is 1. The van der Waals surface area contributed by atoms with Crippen LogP contribution in [0.3, 0.4) is 0 Å². The lowest BCUT2D eigenvalue weighted by molar-refractivity contribution is -0.487. The van der Waals surface area contributed by atoms with Crippen LogP contribution in [0.15, 0.2) is 0 Å². The van der Waals surface area contributed by atoms with Gasteiger partial charge in [-0.3, -0.25) is 4.18 Å². The van der Waals surface area contributed by atoms with Crippen LogP contribution in [-0.4, -0.2) is 25.4 Å². The summed E-state index contributed by atoms with van der Waals surface area (Å²) >= 11 is 0.703. The number of rotatable bonds is 24. The van der Waals surface area contributed by atoms with E-state index in [4.69, 9.17) is 13.7 Å². The van der Waals surface area contributed by atoms with Gasteiger partial charge in [-0.15, -0.1) is 9.32 Å². The number of ether oxygens (including phenoxy) is 2. The fraction of sp³-hybridized carbons (Fsp3) is 0.829. The molecule has 0 bridgehead atoms. The summed E-state index contributed by atoms with van der Waals surface area (Å²) in [6.45, 7) is 21.5. The second kappa shape index (κ2) is 20.9. The molecule has 7 nitrogen and oxygen atoms in total. The van der Waals surface area contributed by atoms with E-state index in [0.29, 0.717) is 32.1 Å². The Bertz CT molecular complexity index is 913. The summed E-state index contributed by atoms with van der Waals surface area (Å²) in [5, 5.41) is 4.42. The minimum Gasteiger partial charge on any atom is -0.491 e. The molecule has 0 amide bonds. The van der Waals surface area contributed by atoms with E-state index >= 15 is 0 Å². The third kappa shape index (κ3) is 14.3. The highest BCUT2D eigenvalue weighted by atomic mass is 32.2. The van der Waals surface area contributed by atoms with Crippen LogP contribution >= 0.6 is 12.3 Å². The maximum atomic E-state index is 6.78. The minimum absolute atomic E-state index is 0.0974. The Hall–Kier alpha value is -1.03. The SMILES string of the molecule is CCNOOOSOCCOc1c(C)c(C)c2c(c1C)CC[C@@](C)(CCCCC[C@H](C)CCC[C@H](C)CCCC(C)C)O2. The Morgan fingerprint density at radius 2 is 1.51 bits per heavy atom. The second-order valence-electron chi connectivity index (χ2n) is 13.6. The van der Waals surface area contributed by atoms with E-state index in [-0.39, 0.29) is 5.60 Å². The Morgan fingerprint density at radius 3 is 2.19 bits per heavy atom. The summed E-state index contributed by atoms with van der Waals surface area (Å²) in [5.41, 5.74) is 7.17. The zero-order chi connectivity index (χ0) is 31.7. The molecule has 0 fully saturated rings.